The predicted octanol–water partition coefficient (Wildman–Crippen LogP) is 2.19. The van der Waals surface area contributed by atoms with Crippen molar-refractivity contribution in [2.45, 2.75) is 6.04 Å². The summed E-state index contributed by atoms with van der Waals surface area (Å²) in [7, 11) is 3.24. The van der Waals surface area contributed by atoms with Gasteiger partial charge >= 0.3 is 0 Å². The van der Waals surface area contributed by atoms with Gasteiger partial charge in [0, 0.05) is 29.0 Å². The van der Waals surface area contributed by atoms with Gasteiger partial charge in [0.15, 0.2) is 6.79 Å². The van der Waals surface area contributed by atoms with Crippen molar-refractivity contribution in [3.63, 3.8) is 0 Å². The molecule has 16 heavy (non-hydrogen) atoms. The lowest BCUT2D eigenvalue weighted by Gasteiger charge is -2.07. The number of rotatable bonds is 6. The summed E-state index contributed by atoms with van der Waals surface area (Å²) in [5.74, 6) is 0.362. The normalized spacial score (nSPS) is 10.1. The summed E-state index contributed by atoms with van der Waals surface area (Å²) in [4.78, 5) is 9.92. The lowest BCUT2D eigenvalue weighted by atomic mass is 10.3. The first-order chi connectivity index (χ1) is 7.65. The van der Waals surface area contributed by atoms with Crippen molar-refractivity contribution in [1.29, 1.82) is 0 Å². The van der Waals surface area contributed by atoms with Gasteiger partial charge in [-0.2, -0.15) is 0 Å². The second kappa shape index (κ2) is 6.47. The number of benzene rings is 1. The smallest absolute Gasteiger partial charge is 0.271 e. The maximum Gasteiger partial charge on any atom is 0.271 e. The van der Waals surface area contributed by atoms with Crippen LogP contribution in [0.5, 0.6) is 5.75 Å². The second-order valence-electron chi connectivity index (χ2n) is 2.79. The van der Waals surface area contributed by atoms with Crippen molar-refractivity contribution in [2.24, 2.45) is 0 Å². The van der Waals surface area contributed by atoms with E-state index in [4.69, 9.17) is 21.1 Å². The fraction of sp³-hybridized carbons (Fsp3) is 0.333. The van der Waals surface area contributed by atoms with Gasteiger partial charge < -0.3 is 9.47 Å². The van der Waals surface area contributed by atoms with Gasteiger partial charge in [-0.1, -0.05) is 11.6 Å². The standard InChI is InChI=1S/C9H9ClNO4Si/c10-8-5-7(11(12)13)1-2-9(8)15-6-14-3-4-16/h1-2,5H,3-4,6H2. The second-order valence-corrected chi connectivity index (χ2v) is 3.70. The molecule has 0 amide bonds. The van der Waals surface area contributed by atoms with E-state index in [1.807, 2.05) is 0 Å². The zero-order valence-electron chi connectivity index (χ0n) is 8.31. The minimum atomic E-state index is -0.517. The molecule has 1 rings (SSSR count). The van der Waals surface area contributed by atoms with E-state index in [0.29, 0.717) is 18.4 Å². The van der Waals surface area contributed by atoms with E-state index in [2.05, 4.69) is 10.2 Å². The predicted molar refractivity (Wildman–Crippen MR) is 60.1 cm³/mol. The molecule has 0 aliphatic carbocycles. The summed E-state index contributed by atoms with van der Waals surface area (Å²) in [5, 5.41) is 10.6. The largest absolute Gasteiger partial charge is 0.466 e. The highest BCUT2D eigenvalue weighted by molar-refractivity contribution is 6.32. The van der Waals surface area contributed by atoms with Crippen molar-refractivity contribution in [1.82, 2.24) is 0 Å². The molecular weight excluding hydrogens is 250 g/mol. The van der Waals surface area contributed by atoms with Crippen molar-refractivity contribution >= 4 is 27.5 Å². The van der Waals surface area contributed by atoms with E-state index in [1.54, 1.807) is 0 Å². The minimum Gasteiger partial charge on any atom is -0.466 e. The number of hydrogen-bond acceptors (Lipinski definition) is 4. The van der Waals surface area contributed by atoms with Crippen molar-refractivity contribution < 1.29 is 14.4 Å². The minimum absolute atomic E-state index is 0.0576. The number of hydrogen-bond donors (Lipinski definition) is 0. The third-order valence-corrected chi connectivity index (χ3v) is 2.17. The molecule has 0 unspecified atom stereocenters. The molecule has 3 radical (unpaired) electrons. The summed E-state index contributed by atoms with van der Waals surface area (Å²) in [5.41, 5.74) is -0.0709. The maximum atomic E-state index is 10.4. The van der Waals surface area contributed by atoms with Crippen LogP contribution in [-0.2, 0) is 4.74 Å². The molecule has 5 nitrogen and oxygen atoms in total. The molecule has 85 valence electrons. The average Bonchev–Trinajstić information content (AvgIpc) is 2.26. The van der Waals surface area contributed by atoms with Gasteiger partial charge in [-0.05, 0) is 12.1 Å². The van der Waals surface area contributed by atoms with E-state index in [1.165, 1.54) is 18.2 Å². The lowest BCUT2D eigenvalue weighted by molar-refractivity contribution is -0.384. The Hall–Kier alpha value is -1.11. The van der Waals surface area contributed by atoms with Crippen LogP contribution in [0, 0.1) is 10.1 Å². The van der Waals surface area contributed by atoms with Crippen molar-refractivity contribution in [3.8, 4) is 5.75 Å². The van der Waals surface area contributed by atoms with E-state index in [0.717, 1.165) is 0 Å². The zero-order chi connectivity index (χ0) is 12.0. The molecule has 0 atom stereocenters. The van der Waals surface area contributed by atoms with Gasteiger partial charge in [0.25, 0.3) is 5.69 Å². The first-order valence-electron chi connectivity index (χ1n) is 4.44. The third-order valence-electron chi connectivity index (χ3n) is 1.67. The molecule has 0 saturated carbocycles. The van der Waals surface area contributed by atoms with Crippen LogP contribution >= 0.6 is 11.6 Å². The number of ether oxygens (including phenoxy) is 2. The highest BCUT2D eigenvalue weighted by atomic mass is 35.5. The van der Waals surface area contributed by atoms with Crippen LogP contribution in [0.4, 0.5) is 5.69 Å². The van der Waals surface area contributed by atoms with Crippen molar-refractivity contribution in [3.05, 3.63) is 33.3 Å². The highest BCUT2D eigenvalue weighted by Crippen LogP contribution is 2.28. The highest BCUT2D eigenvalue weighted by Gasteiger charge is 2.09. The van der Waals surface area contributed by atoms with Crippen LogP contribution in [-0.4, -0.2) is 28.6 Å². The van der Waals surface area contributed by atoms with E-state index in [-0.39, 0.29) is 17.5 Å². The van der Waals surface area contributed by atoms with E-state index >= 15 is 0 Å². The quantitative estimate of drug-likeness (QED) is 0.258. The fourth-order valence-corrected chi connectivity index (χ4v) is 1.33. The molecule has 1 aromatic rings. The van der Waals surface area contributed by atoms with Gasteiger partial charge in [-0.15, -0.1) is 0 Å². The lowest BCUT2D eigenvalue weighted by Crippen LogP contribution is -2.04. The summed E-state index contributed by atoms with van der Waals surface area (Å²) >= 11 is 5.79. The van der Waals surface area contributed by atoms with Crippen LogP contribution < -0.4 is 4.74 Å². The molecule has 0 aromatic heterocycles. The first kappa shape index (κ1) is 13.0. The molecule has 0 bridgehead atoms. The Morgan fingerprint density at radius 3 is 2.81 bits per heavy atom. The first-order valence-corrected chi connectivity index (χ1v) is 5.52. The van der Waals surface area contributed by atoms with E-state index in [9.17, 15) is 10.1 Å². The Balaban J connectivity index is 2.57. The van der Waals surface area contributed by atoms with Crippen LogP contribution in [0.15, 0.2) is 18.2 Å². The number of nitrogens with zero attached hydrogens (tertiary/aromatic N) is 1. The molecule has 0 N–H and O–H groups in total. The SMILES string of the molecule is O=[N+]([O-])c1ccc(OCOCC[Si])c(Cl)c1. The summed E-state index contributed by atoms with van der Waals surface area (Å²) in [6.07, 6.45) is 0. The van der Waals surface area contributed by atoms with Crippen LogP contribution in [0.25, 0.3) is 0 Å². The van der Waals surface area contributed by atoms with Crippen LogP contribution in [0.3, 0.4) is 0 Å². The van der Waals surface area contributed by atoms with Crippen LogP contribution in [0.1, 0.15) is 0 Å². The Labute approximate surface area is 101 Å². The Morgan fingerprint density at radius 2 is 2.25 bits per heavy atom. The third kappa shape index (κ3) is 3.80. The Morgan fingerprint density at radius 1 is 1.50 bits per heavy atom. The molecule has 0 fully saturated rings. The molecule has 1 aromatic carbocycles. The van der Waals surface area contributed by atoms with Crippen molar-refractivity contribution in [2.75, 3.05) is 13.4 Å². The summed E-state index contributed by atoms with van der Waals surface area (Å²) < 4.78 is 10.2. The molecular formula is C9H9ClNO4Si. The number of non-ortho nitro benzene ring substituents is 1. The Kier molecular flexibility index (Phi) is 5.23. The summed E-state index contributed by atoms with van der Waals surface area (Å²) in [6, 6.07) is 4.71. The van der Waals surface area contributed by atoms with Gasteiger partial charge in [0.2, 0.25) is 0 Å². The van der Waals surface area contributed by atoms with Crippen LogP contribution in [0.2, 0.25) is 11.1 Å². The Bertz CT molecular complexity index is 375. The van der Waals surface area contributed by atoms with Gasteiger partial charge in [0.05, 0.1) is 9.95 Å². The number of halogens is 1. The molecule has 0 aliphatic rings. The number of nitro groups is 1. The zero-order valence-corrected chi connectivity index (χ0v) is 10.1. The fourth-order valence-electron chi connectivity index (χ4n) is 0.957. The maximum absolute atomic E-state index is 10.4. The molecule has 0 saturated heterocycles. The molecule has 0 heterocycles. The molecule has 0 aliphatic heterocycles. The van der Waals surface area contributed by atoms with E-state index < -0.39 is 4.92 Å². The number of nitro benzene ring substituents is 1. The van der Waals surface area contributed by atoms with Gasteiger partial charge in [0.1, 0.15) is 5.75 Å². The monoisotopic (exact) mass is 258 g/mol. The molecule has 7 heteroatoms. The topological polar surface area (TPSA) is 61.6 Å². The average molecular weight is 259 g/mol. The molecule has 0 spiro atoms. The van der Waals surface area contributed by atoms with Gasteiger partial charge in [-0.25, -0.2) is 0 Å². The summed E-state index contributed by atoms with van der Waals surface area (Å²) in [6.45, 7) is 0.573. The van der Waals surface area contributed by atoms with Gasteiger partial charge in [-0.3, -0.25) is 10.1 Å².